The monoisotopic (exact) mass is 216 g/mol. The summed E-state index contributed by atoms with van der Waals surface area (Å²) >= 11 is 6.00. The molecule has 78 valence electrons. The molecule has 0 amide bonds. The Morgan fingerprint density at radius 1 is 1.57 bits per heavy atom. The summed E-state index contributed by atoms with van der Waals surface area (Å²) in [5, 5.41) is 4.50. The molecule has 0 bridgehead atoms. The van der Waals surface area contributed by atoms with Gasteiger partial charge in [-0.05, 0) is 5.92 Å². The minimum Gasteiger partial charge on any atom is -0.464 e. The summed E-state index contributed by atoms with van der Waals surface area (Å²) < 4.78 is 6.10. The number of halogens is 1. The van der Waals surface area contributed by atoms with Crippen molar-refractivity contribution < 1.29 is 9.53 Å². The SMILES string of the molecule is COC(=O)c1nn(C)c(Cl)c1C(C)C. The Kier molecular flexibility index (Phi) is 3.16. The van der Waals surface area contributed by atoms with Gasteiger partial charge in [-0.1, -0.05) is 25.4 Å². The molecule has 0 saturated heterocycles. The summed E-state index contributed by atoms with van der Waals surface area (Å²) in [7, 11) is 3.02. The quantitative estimate of drug-likeness (QED) is 0.711. The van der Waals surface area contributed by atoms with Crippen LogP contribution in [-0.4, -0.2) is 22.9 Å². The summed E-state index contributed by atoms with van der Waals surface area (Å²) in [4.78, 5) is 11.3. The van der Waals surface area contributed by atoms with Crippen molar-refractivity contribution in [2.24, 2.45) is 7.05 Å². The lowest BCUT2D eigenvalue weighted by atomic mass is 10.0. The van der Waals surface area contributed by atoms with Crippen molar-refractivity contribution in [1.82, 2.24) is 9.78 Å². The molecule has 1 aromatic heterocycles. The zero-order valence-electron chi connectivity index (χ0n) is 8.67. The Balaban J connectivity index is 3.29. The second-order valence-corrected chi connectivity index (χ2v) is 3.68. The first-order valence-electron chi connectivity index (χ1n) is 4.29. The van der Waals surface area contributed by atoms with E-state index >= 15 is 0 Å². The lowest BCUT2D eigenvalue weighted by Gasteiger charge is -2.04. The van der Waals surface area contributed by atoms with Gasteiger partial charge in [0.1, 0.15) is 5.15 Å². The maximum Gasteiger partial charge on any atom is 0.358 e. The standard InChI is InChI=1S/C9H13ClN2O2/c1-5(2)6-7(9(13)14-4)11-12(3)8(6)10/h5H,1-4H3. The van der Waals surface area contributed by atoms with E-state index in [4.69, 9.17) is 11.6 Å². The zero-order valence-corrected chi connectivity index (χ0v) is 9.42. The highest BCUT2D eigenvalue weighted by Crippen LogP contribution is 2.27. The van der Waals surface area contributed by atoms with Crippen LogP contribution < -0.4 is 0 Å². The highest BCUT2D eigenvalue weighted by Gasteiger charge is 2.23. The van der Waals surface area contributed by atoms with Crippen molar-refractivity contribution in [1.29, 1.82) is 0 Å². The fraction of sp³-hybridized carbons (Fsp3) is 0.556. The van der Waals surface area contributed by atoms with Crippen LogP contribution in [0.4, 0.5) is 0 Å². The number of aryl methyl sites for hydroxylation is 1. The van der Waals surface area contributed by atoms with Crippen LogP contribution in [-0.2, 0) is 11.8 Å². The molecule has 1 rings (SSSR count). The van der Waals surface area contributed by atoms with Gasteiger partial charge in [0.05, 0.1) is 7.11 Å². The summed E-state index contributed by atoms with van der Waals surface area (Å²) in [5.41, 5.74) is 1.04. The number of ether oxygens (including phenoxy) is 1. The van der Waals surface area contributed by atoms with E-state index in [1.807, 2.05) is 13.8 Å². The molecule has 0 spiro atoms. The Morgan fingerprint density at radius 2 is 2.14 bits per heavy atom. The molecule has 0 aliphatic heterocycles. The van der Waals surface area contributed by atoms with E-state index in [2.05, 4.69) is 9.84 Å². The van der Waals surface area contributed by atoms with E-state index < -0.39 is 5.97 Å². The first-order chi connectivity index (χ1) is 6.49. The number of carbonyl (C=O) groups excluding carboxylic acids is 1. The number of methoxy groups -OCH3 is 1. The molecule has 0 aliphatic rings. The van der Waals surface area contributed by atoms with Gasteiger partial charge < -0.3 is 4.74 Å². The number of hydrogen-bond acceptors (Lipinski definition) is 3. The first-order valence-corrected chi connectivity index (χ1v) is 4.67. The fourth-order valence-electron chi connectivity index (χ4n) is 1.28. The third-order valence-corrected chi connectivity index (χ3v) is 2.42. The lowest BCUT2D eigenvalue weighted by Crippen LogP contribution is -2.06. The molecule has 5 heteroatoms. The second-order valence-electron chi connectivity index (χ2n) is 3.32. The van der Waals surface area contributed by atoms with Gasteiger partial charge in [-0.3, -0.25) is 4.68 Å². The van der Waals surface area contributed by atoms with E-state index in [1.54, 1.807) is 7.05 Å². The number of aromatic nitrogens is 2. The van der Waals surface area contributed by atoms with Gasteiger partial charge >= 0.3 is 5.97 Å². The van der Waals surface area contributed by atoms with Gasteiger partial charge in [0, 0.05) is 12.6 Å². The Labute approximate surface area is 87.8 Å². The van der Waals surface area contributed by atoms with Crippen molar-refractivity contribution in [2.75, 3.05) is 7.11 Å². The fourth-order valence-corrected chi connectivity index (χ4v) is 1.62. The molecule has 0 unspecified atom stereocenters. The van der Waals surface area contributed by atoms with E-state index in [0.29, 0.717) is 10.8 Å². The predicted octanol–water partition coefficient (Wildman–Crippen LogP) is 1.98. The molecule has 4 nitrogen and oxygen atoms in total. The van der Waals surface area contributed by atoms with Crippen molar-refractivity contribution in [3.8, 4) is 0 Å². The summed E-state index contributed by atoms with van der Waals surface area (Å²) in [6.45, 7) is 3.91. The Hall–Kier alpha value is -1.03. The summed E-state index contributed by atoms with van der Waals surface area (Å²) in [6, 6.07) is 0. The van der Waals surface area contributed by atoms with Crippen LogP contribution in [0, 0.1) is 0 Å². The van der Waals surface area contributed by atoms with Crippen LogP contribution in [0.3, 0.4) is 0 Å². The minimum atomic E-state index is -0.448. The molecule has 0 radical (unpaired) electrons. The van der Waals surface area contributed by atoms with Gasteiger partial charge in [0.2, 0.25) is 0 Å². The van der Waals surface area contributed by atoms with E-state index in [1.165, 1.54) is 11.8 Å². The normalized spacial score (nSPS) is 10.7. The largest absolute Gasteiger partial charge is 0.464 e. The van der Waals surface area contributed by atoms with Crippen LogP contribution in [0.1, 0.15) is 35.8 Å². The molecule has 0 fully saturated rings. The van der Waals surface area contributed by atoms with E-state index in [-0.39, 0.29) is 5.92 Å². The summed E-state index contributed by atoms with van der Waals surface area (Å²) in [5.74, 6) is -0.304. The average molecular weight is 217 g/mol. The molecule has 1 aromatic rings. The molecular weight excluding hydrogens is 204 g/mol. The second kappa shape index (κ2) is 4.00. The van der Waals surface area contributed by atoms with Crippen molar-refractivity contribution in [3.63, 3.8) is 0 Å². The van der Waals surface area contributed by atoms with Crippen LogP contribution in [0.25, 0.3) is 0 Å². The Morgan fingerprint density at radius 3 is 2.57 bits per heavy atom. The maximum atomic E-state index is 11.3. The number of nitrogens with zero attached hydrogens (tertiary/aromatic N) is 2. The smallest absolute Gasteiger partial charge is 0.358 e. The van der Waals surface area contributed by atoms with Gasteiger partial charge in [0.15, 0.2) is 5.69 Å². The van der Waals surface area contributed by atoms with Crippen LogP contribution in [0.5, 0.6) is 0 Å². The summed E-state index contributed by atoms with van der Waals surface area (Å²) in [6.07, 6.45) is 0. The average Bonchev–Trinajstić information content (AvgIpc) is 2.42. The molecular formula is C9H13ClN2O2. The van der Waals surface area contributed by atoms with Crippen LogP contribution >= 0.6 is 11.6 Å². The van der Waals surface area contributed by atoms with Crippen molar-refractivity contribution in [3.05, 3.63) is 16.4 Å². The molecule has 0 saturated carbocycles. The molecule has 1 heterocycles. The number of hydrogen-bond donors (Lipinski definition) is 0. The number of esters is 1. The first kappa shape index (κ1) is 11.0. The van der Waals surface area contributed by atoms with Crippen LogP contribution in [0.2, 0.25) is 5.15 Å². The highest BCUT2D eigenvalue weighted by molar-refractivity contribution is 6.30. The molecule has 0 aliphatic carbocycles. The van der Waals surface area contributed by atoms with Crippen molar-refractivity contribution >= 4 is 17.6 Å². The lowest BCUT2D eigenvalue weighted by molar-refractivity contribution is 0.0591. The zero-order chi connectivity index (χ0) is 10.9. The predicted molar refractivity (Wildman–Crippen MR) is 53.6 cm³/mol. The van der Waals surface area contributed by atoms with Crippen LogP contribution in [0.15, 0.2) is 0 Å². The van der Waals surface area contributed by atoms with Gasteiger partial charge in [-0.2, -0.15) is 5.10 Å². The molecule has 0 aromatic carbocycles. The third-order valence-electron chi connectivity index (χ3n) is 1.97. The number of rotatable bonds is 2. The van der Waals surface area contributed by atoms with Gasteiger partial charge in [-0.15, -0.1) is 0 Å². The van der Waals surface area contributed by atoms with Gasteiger partial charge in [0.25, 0.3) is 0 Å². The third kappa shape index (κ3) is 1.75. The van der Waals surface area contributed by atoms with E-state index in [9.17, 15) is 4.79 Å². The van der Waals surface area contributed by atoms with E-state index in [0.717, 1.165) is 5.56 Å². The highest BCUT2D eigenvalue weighted by atomic mass is 35.5. The maximum absolute atomic E-state index is 11.3. The molecule has 0 N–H and O–H groups in total. The van der Waals surface area contributed by atoms with Crippen molar-refractivity contribution in [2.45, 2.75) is 19.8 Å². The number of carbonyl (C=O) groups is 1. The topological polar surface area (TPSA) is 44.1 Å². The van der Waals surface area contributed by atoms with Gasteiger partial charge in [-0.25, -0.2) is 4.79 Å². The molecule has 14 heavy (non-hydrogen) atoms. The Bertz CT molecular complexity index is 358. The minimum absolute atomic E-state index is 0.144. The molecule has 0 atom stereocenters.